The van der Waals surface area contributed by atoms with Gasteiger partial charge in [-0.1, -0.05) is 0 Å². The Labute approximate surface area is 120 Å². The lowest BCUT2D eigenvalue weighted by Gasteiger charge is -2.14. The van der Waals surface area contributed by atoms with Crippen LogP contribution < -0.4 is 0 Å². The Balaban J connectivity index is 1.68. The lowest BCUT2D eigenvalue weighted by atomic mass is 10.3. The van der Waals surface area contributed by atoms with E-state index in [1.54, 1.807) is 22.7 Å². The summed E-state index contributed by atoms with van der Waals surface area (Å²) in [5, 5.41) is 5.33. The second-order valence-electron chi connectivity index (χ2n) is 4.19. The van der Waals surface area contributed by atoms with Crippen LogP contribution in [0.25, 0.3) is 0 Å². The highest BCUT2D eigenvalue weighted by Crippen LogP contribution is 2.13. The van der Waals surface area contributed by atoms with Crippen LogP contribution >= 0.6 is 34.3 Å². The second-order valence-corrected chi connectivity index (χ2v) is 6.12. The normalized spacial score (nSPS) is 11.3. The van der Waals surface area contributed by atoms with Crippen molar-refractivity contribution in [2.45, 2.75) is 25.3 Å². The summed E-state index contributed by atoms with van der Waals surface area (Å²) in [5.41, 5.74) is 4.03. The average molecular weight is 302 g/mol. The van der Waals surface area contributed by atoms with Crippen molar-refractivity contribution < 1.29 is 0 Å². The second kappa shape index (κ2) is 7.19. The van der Waals surface area contributed by atoms with E-state index in [2.05, 4.69) is 27.3 Å². The summed E-state index contributed by atoms with van der Waals surface area (Å²) >= 11 is 9.09. The minimum absolute atomic E-state index is 0.514. The zero-order valence-corrected chi connectivity index (χ0v) is 12.7. The minimum atomic E-state index is 0.514. The molecule has 0 aliphatic rings. The smallest absolute Gasteiger partial charge is 0.0929 e. The summed E-state index contributed by atoms with van der Waals surface area (Å²) < 4.78 is 0. The molecule has 0 unspecified atom stereocenters. The zero-order valence-electron chi connectivity index (χ0n) is 10.3. The molecule has 2 aromatic rings. The first-order chi connectivity index (χ1) is 8.78. The SMILES string of the molecule is CN(CCCc1nc(CCl)cs1)Cc1cscn1. The van der Waals surface area contributed by atoms with Gasteiger partial charge < -0.3 is 4.90 Å². The van der Waals surface area contributed by atoms with E-state index in [1.807, 2.05) is 10.9 Å². The van der Waals surface area contributed by atoms with Crippen molar-refractivity contribution in [2.24, 2.45) is 0 Å². The molecule has 2 rings (SSSR count). The van der Waals surface area contributed by atoms with Gasteiger partial charge in [0.05, 0.1) is 27.8 Å². The molecule has 18 heavy (non-hydrogen) atoms. The standard InChI is InChI=1S/C12H16ClN3S2/c1-16(6-11-7-17-9-14-11)4-2-3-12-15-10(5-13)8-18-12/h7-9H,2-6H2,1H3. The van der Waals surface area contributed by atoms with Gasteiger partial charge in [-0.3, -0.25) is 0 Å². The molecule has 2 heterocycles. The molecule has 0 saturated heterocycles. The van der Waals surface area contributed by atoms with Gasteiger partial charge in [-0.25, -0.2) is 9.97 Å². The highest BCUT2D eigenvalue weighted by atomic mass is 35.5. The molecule has 0 radical (unpaired) electrons. The van der Waals surface area contributed by atoms with Crippen molar-refractivity contribution >= 4 is 34.3 Å². The number of nitrogens with zero attached hydrogens (tertiary/aromatic N) is 3. The molecular weight excluding hydrogens is 286 g/mol. The number of aryl methyl sites for hydroxylation is 1. The molecule has 0 saturated carbocycles. The average Bonchev–Trinajstić information content (AvgIpc) is 3.00. The molecule has 2 aromatic heterocycles. The number of hydrogen-bond acceptors (Lipinski definition) is 5. The Morgan fingerprint density at radius 1 is 1.33 bits per heavy atom. The lowest BCUT2D eigenvalue weighted by molar-refractivity contribution is 0.319. The van der Waals surface area contributed by atoms with Crippen LogP contribution in [-0.4, -0.2) is 28.5 Å². The summed E-state index contributed by atoms with van der Waals surface area (Å²) in [5.74, 6) is 0.514. The van der Waals surface area contributed by atoms with Crippen LogP contribution in [0.4, 0.5) is 0 Å². The fourth-order valence-electron chi connectivity index (χ4n) is 1.70. The monoisotopic (exact) mass is 301 g/mol. The van der Waals surface area contributed by atoms with Crippen molar-refractivity contribution in [1.29, 1.82) is 0 Å². The molecule has 0 aliphatic carbocycles. The van der Waals surface area contributed by atoms with Gasteiger partial charge in [0.15, 0.2) is 0 Å². The van der Waals surface area contributed by atoms with Gasteiger partial charge >= 0.3 is 0 Å². The summed E-state index contributed by atoms with van der Waals surface area (Å²) in [6.45, 7) is 1.99. The van der Waals surface area contributed by atoms with E-state index in [4.69, 9.17) is 11.6 Å². The Hall–Kier alpha value is -0.490. The van der Waals surface area contributed by atoms with E-state index in [0.717, 1.165) is 37.3 Å². The molecule has 0 N–H and O–H groups in total. The molecule has 0 amide bonds. The fourth-order valence-corrected chi connectivity index (χ4v) is 3.31. The van der Waals surface area contributed by atoms with Gasteiger partial charge in [0.2, 0.25) is 0 Å². The minimum Gasteiger partial charge on any atom is -0.301 e. The maximum Gasteiger partial charge on any atom is 0.0929 e. The van der Waals surface area contributed by atoms with Crippen molar-refractivity contribution in [2.75, 3.05) is 13.6 Å². The van der Waals surface area contributed by atoms with Gasteiger partial charge in [0.25, 0.3) is 0 Å². The zero-order chi connectivity index (χ0) is 12.8. The molecule has 98 valence electrons. The number of aromatic nitrogens is 2. The third kappa shape index (κ3) is 4.31. The molecule has 0 aromatic carbocycles. The van der Waals surface area contributed by atoms with Crippen LogP contribution in [0.5, 0.6) is 0 Å². The van der Waals surface area contributed by atoms with E-state index in [0.29, 0.717) is 5.88 Å². The van der Waals surface area contributed by atoms with Crippen LogP contribution in [0, 0.1) is 0 Å². The third-order valence-corrected chi connectivity index (χ3v) is 4.45. The third-order valence-electron chi connectivity index (χ3n) is 2.58. The number of thiazole rings is 2. The van der Waals surface area contributed by atoms with Crippen LogP contribution in [0.1, 0.15) is 22.8 Å². The fraction of sp³-hybridized carbons (Fsp3) is 0.500. The highest BCUT2D eigenvalue weighted by Gasteiger charge is 2.04. The molecule has 0 fully saturated rings. The lowest BCUT2D eigenvalue weighted by Crippen LogP contribution is -2.19. The van der Waals surface area contributed by atoms with Gasteiger partial charge in [0, 0.05) is 23.7 Å². The number of alkyl halides is 1. The summed E-state index contributed by atoms with van der Waals surface area (Å²) in [7, 11) is 2.13. The van der Waals surface area contributed by atoms with Crippen molar-refractivity contribution in [1.82, 2.24) is 14.9 Å². The van der Waals surface area contributed by atoms with E-state index in [9.17, 15) is 0 Å². The van der Waals surface area contributed by atoms with Gasteiger partial charge in [-0.15, -0.1) is 34.3 Å². The van der Waals surface area contributed by atoms with Crippen molar-refractivity contribution in [3.63, 3.8) is 0 Å². The Morgan fingerprint density at radius 3 is 2.89 bits per heavy atom. The molecule has 3 nitrogen and oxygen atoms in total. The molecule has 0 spiro atoms. The van der Waals surface area contributed by atoms with Gasteiger partial charge in [0.1, 0.15) is 0 Å². The van der Waals surface area contributed by atoms with E-state index in [-0.39, 0.29) is 0 Å². The maximum atomic E-state index is 5.73. The maximum absolute atomic E-state index is 5.73. The van der Waals surface area contributed by atoms with E-state index in [1.165, 1.54) is 5.01 Å². The summed E-state index contributed by atoms with van der Waals surface area (Å²) in [6.07, 6.45) is 2.15. The summed E-state index contributed by atoms with van der Waals surface area (Å²) in [6, 6.07) is 0. The largest absolute Gasteiger partial charge is 0.301 e. The Morgan fingerprint density at radius 2 is 2.22 bits per heavy atom. The first-order valence-corrected chi connectivity index (χ1v) is 8.18. The van der Waals surface area contributed by atoms with Gasteiger partial charge in [-0.2, -0.15) is 0 Å². The topological polar surface area (TPSA) is 29.0 Å². The molecular formula is C12H16ClN3S2. The van der Waals surface area contributed by atoms with Crippen LogP contribution in [0.2, 0.25) is 0 Å². The van der Waals surface area contributed by atoms with Crippen LogP contribution in [0.15, 0.2) is 16.3 Å². The number of hydrogen-bond donors (Lipinski definition) is 0. The molecule has 0 bridgehead atoms. The first kappa shape index (κ1) is 13.9. The summed E-state index contributed by atoms with van der Waals surface area (Å²) in [4.78, 5) is 11.0. The first-order valence-electron chi connectivity index (χ1n) is 5.83. The Bertz CT molecular complexity index is 456. The quantitative estimate of drug-likeness (QED) is 0.734. The van der Waals surface area contributed by atoms with E-state index >= 15 is 0 Å². The van der Waals surface area contributed by atoms with E-state index < -0.39 is 0 Å². The highest BCUT2D eigenvalue weighted by molar-refractivity contribution is 7.09. The molecule has 0 atom stereocenters. The predicted molar refractivity (Wildman–Crippen MR) is 78.4 cm³/mol. The number of halogens is 1. The van der Waals surface area contributed by atoms with Crippen LogP contribution in [-0.2, 0) is 18.8 Å². The molecule has 6 heteroatoms. The predicted octanol–water partition coefficient (Wildman–Crippen LogP) is 3.40. The van der Waals surface area contributed by atoms with Crippen molar-refractivity contribution in [3.8, 4) is 0 Å². The van der Waals surface area contributed by atoms with Crippen LogP contribution in [0.3, 0.4) is 0 Å². The molecule has 0 aliphatic heterocycles. The van der Waals surface area contributed by atoms with Crippen molar-refractivity contribution in [3.05, 3.63) is 32.7 Å². The van der Waals surface area contributed by atoms with Gasteiger partial charge in [-0.05, 0) is 20.0 Å². The number of rotatable bonds is 7. The Kier molecular flexibility index (Phi) is 5.56.